The number of sulfonamides is 1. The van der Waals surface area contributed by atoms with Crippen molar-refractivity contribution in [1.29, 1.82) is 0 Å². The smallest absolute Gasteiger partial charge is 0.244 e. The molecule has 0 saturated heterocycles. The van der Waals surface area contributed by atoms with Crippen LogP contribution in [-0.2, 0) is 10.0 Å². The standard InChI is InChI=1S/C10H14BrFN2O2S/c1-3-4-14(2)17(15,16)10-5-7(11)8(12)6-9(10)13/h5-6H,3-4,13H2,1-2H3. The highest BCUT2D eigenvalue weighted by Gasteiger charge is 2.23. The Bertz CT molecular complexity index is 519. The molecule has 0 heterocycles. The number of hydrogen-bond donors (Lipinski definition) is 1. The summed E-state index contributed by atoms with van der Waals surface area (Å²) >= 11 is 2.95. The maximum atomic E-state index is 13.2. The van der Waals surface area contributed by atoms with Crippen molar-refractivity contribution >= 4 is 31.6 Å². The van der Waals surface area contributed by atoms with E-state index in [2.05, 4.69) is 15.9 Å². The third-order valence-corrected chi connectivity index (χ3v) is 4.80. The number of nitrogens with two attached hydrogens (primary N) is 1. The molecule has 0 spiro atoms. The van der Waals surface area contributed by atoms with Gasteiger partial charge in [0.1, 0.15) is 10.7 Å². The van der Waals surface area contributed by atoms with Crippen molar-refractivity contribution in [2.75, 3.05) is 19.3 Å². The maximum Gasteiger partial charge on any atom is 0.244 e. The van der Waals surface area contributed by atoms with Crippen LogP contribution in [0.2, 0.25) is 0 Å². The second-order valence-electron chi connectivity index (χ2n) is 3.63. The van der Waals surface area contributed by atoms with Gasteiger partial charge in [0.2, 0.25) is 10.0 Å². The van der Waals surface area contributed by atoms with E-state index in [9.17, 15) is 12.8 Å². The third kappa shape index (κ3) is 2.97. The average molecular weight is 325 g/mol. The van der Waals surface area contributed by atoms with Crippen LogP contribution in [-0.4, -0.2) is 26.3 Å². The zero-order valence-corrected chi connectivity index (χ0v) is 12.0. The van der Waals surface area contributed by atoms with E-state index < -0.39 is 15.8 Å². The van der Waals surface area contributed by atoms with E-state index in [1.165, 1.54) is 17.4 Å². The molecular weight excluding hydrogens is 311 g/mol. The molecule has 0 fully saturated rings. The lowest BCUT2D eigenvalue weighted by Gasteiger charge is -2.17. The SMILES string of the molecule is CCCN(C)S(=O)(=O)c1cc(Br)c(F)cc1N. The molecular formula is C10H14BrFN2O2S. The predicted octanol–water partition coefficient (Wildman–Crippen LogP) is 2.20. The lowest BCUT2D eigenvalue weighted by Crippen LogP contribution is -2.28. The molecule has 0 bridgehead atoms. The van der Waals surface area contributed by atoms with E-state index in [4.69, 9.17) is 5.73 Å². The molecule has 0 radical (unpaired) electrons. The highest BCUT2D eigenvalue weighted by atomic mass is 79.9. The first-order chi connectivity index (χ1) is 7.80. The van der Waals surface area contributed by atoms with Crippen LogP contribution in [0, 0.1) is 5.82 Å². The Kier molecular flexibility index (Phi) is 4.51. The molecule has 0 aliphatic rings. The topological polar surface area (TPSA) is 63.4 Å². The van der Waals surface area contributed by atoms with E-state index in [1.807, 2.05) is 6.92 Å². The predicted molar refractivity (Wildman–Crippen MR) is 68.6 cm³/mol. The summed E-state index contributed by atoms with van der Waals surface area (Å²) < 4.78 is 38.7. The summed E-state index contributed by atoms with van der Waals surface area (Å²) in [4.78, 5) is -0.0817. The fourth-order valence-corrected chi connectivity index (χ4v) is 3.25. The largest absolute Gasteiger partial charge is 0.398 e. The van der Waals surface area contributed by atoms with E-state index in [-0.39, 0.29) is 15.1 Å². The van der Waals surface area contributed by atoms with Crippen molar-refractivity contribution in [3.63, 3.8) is 0 Å². The molecule has 0 saturated carbocycles. The van der Waals surface area contributed by atoms with Crippen molar-refractivity contribution in [3.05, 3.63) is 22.4 Å². The Morgan fingerprint density at radius 2 is 2.06 bits per heavy atom. The Morgan fingerprint density at radius 3 is 2.59 bits per heavy atom. The Morgan fingerprint density at radius 1 is 1.47 bits per heavy atom. The van der Waals surface area contributed by atoms with Gasteiger partial charge in [-0.2, -0.15) is 0 Å². The first-order valence-corrected chi connectivity index (χ1v) is 7.24. The van der Waals surface area contributed by atoms with Gasteiger partial charge in [-0.3, -0.25) is 0 Å². The first-order valence-electron chi connectivity index (χ1n) is 5.01. The number of hydrogen-bond acceptors (Lipinski definition) is 3. The van der Waals surface area contributed by atoms with Crippen LogP contribution in [0.4, 0.5) is 10.1 Å². The summed E-state index contributed by atoms with van der Waals surface area (Å²) in [6, 6.07) is 2.18. The monoisotopic (exact) mass is 324 g/mol. The van der Waals surface area contributed by atoms with Gasteiger partial charge < -0.3 is 5.73 Å². The molecule has 7 heteroatoms. The van der Waals surface area contributed by atoms with Gasteiger partial charge in [0.05, 0.1) is 10.2 Å². The number of nitrogens with zero attached hydrogens (tertiary/aromatic N) is 1. The van der Waals surface area contributed by atoms with Gasteiger partial charge in [-0.25, -0.2) is 17.1 Å². The van der Waals surface area contributed by atoms with Crippen LogP contribution in [0.3, 0.4) is 0 Å². The van der Waals surface area contributed by atoms with E-state index in [0.29, 0.717) is 13.0 Å². The van der Waals surface area contributed by atoms with Crippen molar-refractivity contribution in [2.45, 2.75) is 18.2 Å². The number of halogens is 2. The van der Waals surface area contributed by atoms with E-state index >= 15 is 0 Å². The zero-order chi connectivity index (χ0) is 13.2. The minimum atomic E-state index is -3.66. The zero-order valence-electron chi connectivity index (χ0n) is 9.57. The lowest BCUT2D eigenvalue weighted by atomic mass is 10.3. The maximum absolute atomic E-state index is 13.2. The number of anilines is 1. The molecule has 0 unspecified atom stereocenters. The van der Waals surface area contributed by atoms with Gasteiger partial charge in [0.15, 0.2) is 0 Å². The van der Waals surface area contributed by atoms with Crippen LogP contribution < -0.4 is 5.73 Å². The minimum absolute atomic E-state index is 0.0789. The quantitative estimate of drug-likeness (QED) is 0.863. The van der Waals surface area contributed by atoms with Gasteiger partial charge in [0, 0.05) is 13.6 Å². The number of rotatable bonds is 4. The van der Waals surface area contributed by atoms with Gasteiger partial charge in [-0.1, -0.05) is 6.92 Å². The molecule has 0 aliphatic carbocycles. The summed E-state index contributed by atoms with van der Waals surface area (Å²) in [6.07, 6.45) is 0.692. The van der Waals surface area contributed by atoms with Crippen molar-refractivity contribution < 1.29 is 12.8 Å². The fourth-order valence-electron chi connectivity index (χ4n) is 1.37. The van der Waals surface area contributed by atoms with E-state index in [0.717, 1.165) is 6.07 Å². The Labute approximate surface area is 109 Å². The molecule has 2 N–H and O–H groups in total. The van der Waals surface area contributed by atoms with Gasteiger partial charge in [-0.15, -0.1) is 0 Å². The summed E-state index contributed by atoms with van der Waals surface area (Å²) in [7, 11) is -2.19. The van der Waals surface area contributed by atoms with Gasteiger partial charge in [0.25, 0.3) is 0 Å². The molecule has 1 aromatic rings. The van der Waals surface area contributed by atoms with Crippen LogP contribution in [0.15, 0.2) is 21.5 Å². The van der Waals surface area contributed by atoms with Crippen molar-refractivity contribution in [1.82, 2.24) is 4.31 Å². The second-order valence-corrected chi connectivity index (χ2v) is 6.50. The number of benzene rings is 1. The summed E-state index contributed by atoms with van der Waals surface area (Å²) in [5, 5.41) is 0. The highest BCUT2D eigenvalue weighted by Crippen LogP contribution is 2.27. The normalized spacial score (nSPS) is 12.1. The van der Waals surface area contributed by atoms with Crippen LogP contribution in [0.25, 0.3) is 0 Å². The molecule has 1 rings (SSSR count). The van der Waals surface area contributed by atoms with Crippen molar-refractivity contribution in [3.8, 4) is 0 Å². The Balaban J connectivity index is 3.29. The molecule has 1 aromatic carbocycles. The highest BCUT2D eigenvalue weighted by molar-refractivity contribution is 9.10. The molecule has 0 atom stereocenters. The van der Waals surface area contributed by atoms with Crippen LogP contribution in [0.5, 0.6) is 0 Å². The number of nitrogen functional groups attached to an aromatic ring is 1. The summed E-state index contributed by atoms with van der Waals surface area (Å²) in [6.45, 7) is 2.26. The minimum Gasteiger partial charge on any atom is -0.398 e. The van der Waals surface area contributed by atoms with Gasteiger partial charge >= 0.3 is 0 Å². The van der Waals surface area contributed by atoms with Crippen LogP contribution >= 0.6 is 15.9 Å². The Hall–Kier alpha value is -0.660. The van der Waals surface area contributed by atoms with Crippen LogP contribution in [0.1, 0.15) is 13.3 Å². The molecule has 0 amide bonds. The molecule has 96 valence electrons. The fraction of sp³-hybridized carbons (Fsp3) is 0.400. The first kappa shape index (κ1) is 14.4. The molecule has 0 aliphatic heterocycles. The third-order valence-electron chi connectivity index (χ3n) is 2.28. The summed E-state index contributed by atoms with van der Waals surface area (Å²) in [5.74, 6) is -0.584. The molecule has 0 aromatic heterocycles. The molecule has 4 nitrogen and oxygen atoms in total. The second kappa shape index (κ2) is 5.32. The van der Waals surface area contributed by atoms with Gasteiger partial charge in [-0.05, 0) is 34.5 Å². The average Bonchev–Trinajstić information content (AvgIpc) is 2.23. The summed E-state index contributed by atoms with van der Waals surface area (Å²) in [5.41, 5.74) is 5.45. The molecule has 17 heavy (non-hydrogen) atoms. The van der Waals surface area contributed by atoms with Crippen molar-refractivity contribution in [2.24, 2.45) is 0 Å². The lowest BCUT2D eigenvalue weighted by molar-refractivity contribution is 0.468. The van der Waals surface area contributed by atoms with E-state index in [1.54, 1.807) is 0 Å².